The van der Waals surface area contributed by atoms with Crippen LogP contribution in [-0.2, 0) is 16.0 Å². The zero-order chi connectivity index (χ0) is 13.3. The van der Waals surface area contributed by atoms with E-state index in [2.05, 4.69) is 15.0 Å². The third kappa shape index (κ3) is 2.29. The second kappa shape index (κ2) is 4.44. The number of fused-ring (bicyclic) bond motifs is 1. The number of carboxylic acids is 1. The largest absolute Gasteiger partial charge is 0.481 e. The third-order valence-electron chi connectivity index (χ3n) is 2.51. The van der Waals surface area contributed by atoms with Gasteiger partial charge in [0.05, 0.1) is 5.52 Å². The summed E-state index contributed by atoms with van der Waals surface area (Å²) in [6, 6.07) is 3.39. The fourth-order valence-corrected chi connectivity index (χ4v) is 1.51. The Morgan fingerprint density at radius 1 is 1.39 bits per heavy atom. The van der Waals surface area contributed by atoms with Crippen LogP contribution in [0.2, 0.25) is 0 Å². The van der Waals surface area contributed by atoms with E-state index in [0.29, 0.717) is 22.8 Å². The number of aromatic amines is 1. The summed E-state index contributed by atoms with van der Waals surface area (Å²) in [5.41, 5.74) is 1.05. The smallest absolute Gasteiger partial charge is 0.311 e. The molecule has 0 aliphatic rings. The molecule has 0 aromatic carbocycles. The van der Waals surface area contributed by atoms with Gasteiger partial charge in [0, 0.05) is 14.0 Å². The molecule has 0 saturated carbocycles. The Labute approximate surface area is 102 Å². The number of aliphatic carboxylic acids is 1. The molecule has 0 bridgehead atoms. The number of nitrogens with zero attached hydrogens (tertiary/aromatic N) is 3. The fraction of sp³-hybridized carbons (Fsp3) is 0.273. The predicted octanol–water partition coefficient (Wildman–Crippen LogP) is 0.568. The Morgan fingerprint density at radius 3 is 2.72 bits per heavy atom. The monoisotopic (exact) mass is 248 g/mol. The van der Waals surface area contributed by atoms with E-state index in [1.54, 1.807) is 19.2 Å². The van der Waals surface area contributed by atoms with Gasteiger partial charge in [-0.1, -0.05) is 0 Å². The maximum Gasteiger partial charge on any atom is 0.311 e. The summed E-state index contributed by atoms with van der Waals surface area (Å²) in [7, 11) is 1.61. The van der Waals surface area contributed by atoms with Gasteiger partial charge in [0.15, 0.2) is 5.65 Å². The van der Waals surface area contributed by atoms with Crippen molar-refractivity contribution in [1.82, 2.24) is 15.0 Å². The highest BCUT2D eigenvalue weighted by atomic mass is 16.4. The van der Waals surface area contributed by atoms with E-state index in [9.17, 15) is 9.59 Å². The highest BCUT2D eigenvalue weighted by Crippen LogP contribution is 2.15. The number of carbonyl (C=O) groups is 2. The number of imidazole rings is 1. The standard InChI is InChI=1S/C11H12N4O3/c1-6(16)15(2)9-4-3-7-11(14-9)13-8(12-7)5-10(17)18/h3-4H,5H2,1-2H3,(H,17,18)(H,12,13,14). The van der Waals surface area contributed by atoms with E-state index >= 15 is 0 Å². The van der Waals surface area contributed by atoms with E-state index in [1.165, 1.54) is 11.8 Å². The molecule has 2 N–H and O–H groups in total. The summed E-state index contributed by atoms with van der Waals surface area (Å²) in [4.78, 5) is 34.3. The Bertz CT molecular complexity index is 620. The van der Waals surface area contributed by atoms with Gasteiger partial charge in [0.2, 0.25) is 5.91 Å². The minimum atomic E-state index is -0.963. The van der Waals surface area contributed by atoms with Crippen LogP contribution >= 0.6 is 0 Å². The number of hydrogen-bond donors (Lipinski definition) is 2. The third-order valence-corrected chi connectivity index (χ3v) is 2.51. The van der Waals surface area contributed by atoms with Crippen molar-refractivity contribution in [1.29, 1.82) is 0 Å². The van der Waals surface area contributed by atoms with Gasteiger partial charge in [-0.25, -0.2) is 9.97 Å². The van der Waals surface area contributed by atoms with Crippen LogP contribution in [0.25, 0.3) is 11.2 Å². The second-order valence-electron chi connectivity index (χ2n) is 3.87. The number of hydrogen-bond acceptors (Lipinski definition) is 4. The van der Waals surface area contributed by atoms with E-state index in [4.69, 9.17) is 5.11 Å². The molecular formula is C11H12N4O3. The predicted molar refractivity (Wildman–Crippen MR) is 64.3 cm³/mol. The summed E-state index contributed by atoms with van der Waals surface area (Å²) in [5, 5.41) is 8.67. The molecule has 0 aliphatic heterocycles. The molecule has 2 heterocycles. The van der Waals surface area contributed by atoms with Crippen LogP contribution < -0.4 is 4.90 Å². The maximum absolute atomic E-state index is 11.2. The summed E-state index contributed by atoms with van der Waals surface area (Å²) < 4.78 is 0. The first-order chi connectivity index (χ1) is 8.47. The molecule has 1 amide bonds. The Morgan fingerprint density at radius 2 is 2.11 bits per heavy atom. The minimum Gasteiger partial charge on any atom is -0.481 e. The fourth-order valence-electron chi connectivity index (χ4n) is 1.51. The van der Waals surface area contributed by atoms with Gasteiger partial charge in [0.1, 0.15) is 18.1 Å². The van der Waals surface area contributed by atoms with Gasteiger partial charge in [-0.3, -0.25) is 9.59 Å². The summed E-state index contributed by atoms with van der Waals surface area (Å²) in [6.45, 7) is 1.44. The molecule has 0 aliphatic carbocycles. The van der Waals surface area contributed by atoms with Crippen LogP contribution in [0.15, 0.2) is 12.1 Å². The van der Waals surface area contributed by atoms with Crippen molar-refractivity contribution in [2.45, 2.75) is 13.3 Å². The van der Waals surface area contributed by atoms with Crippen molar-refractivity contribution >= 4 is 28.9 Å². The van der Waals surface area contributed by atoms with Crippen molar-refractivity contribution in [3.63, 3.8) is 0 Å². The summed E-state index contributed by atoms with van der Waals surface area (Å²) in [5.74, 6) is -0.283. The van der Waals surface area contributed by atoms with Gasteiger partial charge in [-0.05, 0) is 12.1 Å². The average Bonchev–Trinajstić information content (AvgIpc) is 2.67. The molecule has 7 heteroatoms. The first-order valence-corrected chi connectivity index (χ1v) is 5.29. The molecule has 2 rings (SSSR count). The van der Waals surface area contributed by atoms with E-state index in [1.807, 2.05) is 0 Å². The minimum absolute atomic E-state index is 0.136. The van der Waals surface area contributed by atoms with Crippen LogP contribution in [0, 0.1) is 0 Å². The van der Waals surface area contributed by atoms with Gasteiger partial charge in [0.25, 0.3) is 0 Å². The van der Waals surface area contributed by atoms with Crippen LogP contribution in [0.1, 0.15) is 12.7 Å². The van der Waals surface area contributed by atoms with Crippen molar-refractivity contribution in [2.75, 3.05) is 11.9 Å². The molecule has 94 valence electrons. The zero-order valence-corrected chi connectivity index (χ0v) is 9.97. The van der Waals surface area contributed by atoms with E-state index in [0.717, 1.165) is 0 Å². The number of H-pyrrole nitrogens is 1. The molecule has 7 nitrogen and oxygen atoms in total. The number of nitrogens with one attached hydrogen (secondary N) is 1. The first-order valence-electron chi connectivity index (χ1n) is 5.29. The van der Waals surface area contributed by atoms with Crippen LogP contribution in [0.4, 0.5) is 5.82 Å². The molecule has 2 aromatic heterocycles. The molecule has 2 aromatic rings. The number of carboxylic acid groups (broad SMARTS) is 1. The number of amides is 1. The molecule has 0 spiro atoms. The van der Waals surface area contributed by atoms with Crippen LogP contribution in [0.3, 0.4) is 0 Å². The first kappa shape index (κ1) is 12.0. The summed E-state index contributed by atoms with van der Waals surface area (Å²) in [6.07, 6.45) is -0.186. The van der Waals surface area contributed by atoms with Crippen molar-refractivity contribution in [2.24, 2.45) is 0 Å². The lowest BCUT2D eigenvalue weighted by molar-refractivity contribution is -0.136. The lowest BCUT2D eigenvalue weighted by Crippen LogP contribution is -2.23. The number of anilines is 1. The number of carbonyl (C=O) groups excluding carboxylic acids is 1. The molecule has 0 saturated heterocycles. The molecule has 0 radical (unpaired) electrons. The average molecular weight is 248 g/mol. The topological polar surface area (TPSA) is 99.2 Å². The van der Waals surface area contributed by atoms with Crippen LogP contribution in [-0.4, -0.2) is 39.0 Å². The molecule has 18 heavy (non-hydrogen) atoms. The zero-order valence-electron chi connectivity index (χ0n) is 9.97. The molecule has 0 atom stereocenters. The SMILES string of the molecule is CC(=O)N(C)c1ccc2[nH]c(CC(=O)O)nc2n1. The number of aromatic nitrogens is 3. The lowest BCUT2D eigenvalue weighted by atomic mass is 10.4. The van der Waals surface area contributed by atoms with Crippen molar-refractivity contribution < 1.29 is 14.7 Å². The van der Waals surface area contributed by atoms with Crippen LogP contribution in [0.5, 0.6) is 0 Å². The Hall–Kier alpha value is -2.44. The maximum atomic E-state index is 11.2. The highest BCUT2D eigenvalue weighted by molar-refractivity contribution is 5.90. The Kier molecular flexibility index (Phi) is 2.97. The van der Waals surface area contributed by atoms with E-state index < -0.39 is 5.97 Å². The van der Waals surface area contributed by atoms with Gasteiger partial charge >= 0.3 is 5.97 Å². The number of rotatable bonds is 3. The van der Waals surface area contributed by atoms with Gasteiger partial charge < -0.3 is 15.0 Å². The molecular weight excluding hydrogens is 236 g/mol. The van der Waals surface area contributed by atoms with Crippen molar-refractivity contribution in [3.05, 3.63) is 18.0 Å². The van der Waals surface area contributed by atoms with E-state index in [-0.39, 0.29) is 12.3 Å². The Balaban J connectivity index is 2.39. The van der Waals surface area contributed by atoms with Gasteiger partial charge in [-0.15, -0.1) is 0 Å². The highest BCUT2D eigenvalue weighted by Gasteiger charge is 2.11. The van der Waals surface area contributed by atoms with Gasteiger partial charge in [-0.2, -0.15) is 0 Å². The number of pyridine rings is 1. The molecule has 0 fully saturated rings. The quantitative estimate of drug-likeness (QED) is 0.827. The summed E-state index contributed by atoms with van der Waals surface area (Å²) >= 11 is 0. The van der Waals surface area contributed by atoms with Crippen molar-refractivity contribution in [3.8, 4) is 0 Å². The lowest BCUT2D eigenvalue weighted by Gasteiger charge is -2.12. The second-order valence-corrected chi connectivity index (χ2v) is 3.87. The molecule has 0 unspecified atom stereocenters. The normalized spacial score (nSPS) is 10.6.